The van der Waals surface area contributed by atoms with Crippen molar-refractivity contribution in [2.45, 2.75) is 38.6 Å². The van der Waals surface area contributed by atoms with E-state index in [0.717, 1.165) is 16.5 Å². The van der Waals surface area contributed by atoms with Gasteiger partial charge in [-0.15, -0.1) is 0 Å². The summed E-state index contributed by atoms with van der Waals surface area (Å²) in [5.41, 5.74) is 0.883. The summed E-state index contributed by atoms with van der Waals surface area (Å²) in [5.74, 6) is -1.32. The quantitative estimate of drug-likeness (QED) is 0.899. The van der Waals surface area contributed by atoms with Crippen LogP contribution in [0.3, 0.4) is 0 Å². The molecule has 0 bridgehead atoms. The molecule has 1 saturated heterocycles. The number of carbonyl (C=O) groups is 2. The van der Waals surface area contributed by atoms with Crippen molar-refractivity contribution in [3.8, 4) is 0 Å². The molecule has 1 amide bonds. The predicted molar refractivity (Wildman–Crippen MR) is 83.9 cm³/mol. The number of hydrogen-bond donors (Lipinski definition) is 1. The first-order valence-electron chi connectivity index (χ1n) is 7.33. The van der Waals surface area contributed by atoms with Gasteiger partial charge in [-0.2, -0.15) is 0 Å². The Kier molecular flexibility index (Phi) is 5.39. The van der Waals surface area contributed by atoms with Crippen molar-refractivity contribution in [3.05, 3.63) is 34.3 Å². The normalized spacial score (nSPS) is 23.0. The average molecular weight is 354 g/mol. The first-order valence-corrected chi connectivity index (χ1v) is 8.12. The minimum absolute atomic E-state index is 0.0568. The van der Waals surface area contributed by atoms with Gasteiger partial charge in [0.2, 0.25) is 5.91 Å². The van der Waals surface area contributed by atoms with Crippen LogP contribution in [0, 0.1) is 5.92 Å². The van der Waals surface area contributed by atoms with Crippen LogP contribution >= 0.6 is 15.9 Å². The Labute approximate surface area is 133 Å². The molecular weight excluding hydrogens is 334 g/mol. The maximum absolute atomic E-state index is 12.4. The molecular formula is C16H20BrNO3. The van der Waals surface area contributed by atoms with E-state index in [0.29, 0.717) is 25.8 Å². The fraction of sp³-hybridized carbons (Fsp3) is 0.500. The van der Waals surface area contributed by atoms with Crippen LogP contribution in [-0.4, -0.2) is 28.4 Å². The van der Waals surface area contributed by atoms with Crippen LogP contribution in [0.5, 0.6) is 0 Å². The number of carboxylic acids is 1. The van der Waals surface area contributed by atoms with E-state index in [1.54, 1.807) is 4.90 Å². The van der Waals surface area contributed by atoms with E-state index in [1.165, 1.54) is 0 Å². The monoisotopic (exact) mass is 353 g/mol. The molecule has 114 valence electrons. The number of carbonyl (C=O) groups excluding carboxylic acids is 1. The van der Waals surface area contributed by atoms with Crippen molar-refractivity contribution in [3.63, 3.8) is 0 Å². The lowest BCUT2D eigenvalue weighted by atomic mass is 9.89. The number of amides is 1. The maximum atomic E-state index is 12.4. The molecule has 4 nitrogen and oxygen atoms in total. The smallest absolute Gasteiger partial charge is 0.308 e. The molecule has 1 heterocycles. The summed E-state index contributed by atoms with van der Waals surface area (Å²) in [6, 6.07) is 7.19. The molecule has 1 aliphatic rings. The van der Waals surface area contributed by atoms with Crippen LogP contribution in [0.2, 0.25) is 0 Å². The largest absolute Gasteiger partial charge is 0.481 e. The van der Waals surface area contributed by atoms with Crippen LogP contribution in [0.4, 0.5) is 0 Å². The Bertz CT molecular complexity index is 532. The molecule has 2 atom stereocenters. The summed E-state index contributed by atoms with van der Waals surface area (Å²) in [7, 11) is 0. The minimum Gasteiger partial charge on any atom is -0.481 e. The zero-order valence-electron chi connectivity index (χ0n) is 12.1. The molecule has 2 rings (SSSR count). The molecule has 0 spiro atoms. The van der Waals surface area contributed by atoms with Gasteiger partial charge < -0.3 is 10.0 Å². The highest BCUT2D eigenvalue weighted by atomic mass is 79.9. The highest BCUT2D eigenvalue weighted by molar-refractivity contribution is 9.10. The van der Waals surface area contributed by atoms with Gasteiger partial charge in [0.15, 0.2) is 0 Å². The second-order valence-corrected chi connectivity index (χ2v) is 6.24. The summed E-state index contributed by atoms with van der Waals surface area (Å²) in [5, 5.41) is 9.60. The Morgan fingerprint density at radius 3 is 2.76 bits per heavy atom. The van der Waals surface area contributed by atoms with Crippen molar-refractivity contribution in [2.75, 3.05) is 6.54 Å². The molecule has 1 N–H and O–H groups in total. The fourth-order valence-corrected chi connectivity index (χ4v) is 3.53. The molecule has 2 unspecified atom stereocenters. The highest BCUT2D eigenvalue weighted by Crippen LogP contribution is 2.39. The second-order valence-electron chi connectivity index (χ2n) is 5.39. The van der Waals surface area contributed by atoms with Gasteiger partial charge in [0.05, 0.1) is 12.0 Å². The molecule has 5 heteroatoms. The Morgan fingerprint density at radius 2 is 2.14 bits per heavy atom. The fourth-order valence-electron chi connectivity index (χ4n) is 3.01. The molecule has 1 aromatic rings. The number of aliphatic carboxylic acids is 1. The lowest BCUT2D eigenvalue weighted by Gasteiger charge is -2.34. The maximum Gasteiger partial charge on any atom is 0.308 e. The van der Waals surface area contributed by atoms with Crippen molar-refractivity contribution < 1.29 is 14.7 Å². The van der Waals surface area contributed by atoms with Crippen LogP contribution in [0.25, 0.3) is 0 Å². The summed E-state index contributed by atoms with van der Waals surface area (Å²) in [6.45, 7) is 2.60. The van der Waals surface area contributed by atoms with E-state index in [-0.39, 0.29) is 5.91 Å². The Balaban J connectivity index is 2.50. The summed E-state index contributed by atoms with van der Waals surface area (Å²) >= 11 is 3.50. The van der Waals surface area contributed by atoms with Gasteiger partial charge in [-0.25, -0.2) is 0 Å². The molecule has 0 saturated carbocycles. The number of rotatable bonds is 4. The van der Waals surface area contributed by atoms with Gasteiger partial charge >= 0.3 is 5.97 Å². The minimum atomic E-state index is -0.827. The number of carboxylic acid groups (broad SMARTS) is 1. The number of likely N-dealkylation sites (tertiary alicyclic amines) is 1. The van der Waals surface area contributed by atoms with Crippen LogP contribution in [0.15, 0.2) is 28.7 Å². The van der Waals surface area contributed by atoms with Gasteiger partial charge in [-0.3, -0.25) is 9.59 Å². The Hall–Kier alpha value is -1.36. The van der Waals surface area contributed by atoms with Gasteiger partial charge in [0.1, 0.15) is 0 Å². The van der Waals surface area contributed by atoms with Crippen LogP contribution < -0.4 is 0 Å². The van der Waals surface area contributed by atoms with Crippen LogP contribution in [-0.2, 0) is 9.59 Å². The van der Waals surface area contributed by atoms with Crippen LogP contribution in [0.1, 0.15) is 44.2 Å². The van der Waals surface area contributed by atoms with Crippen molar-refractivity contribution >= 4 is 27.8 Å². The summed E-state index contributed by atoms with van der Waals surface area (Å²) in [4.78, 5) is 25.8. The van der Waals surface area contributed by atoms with Gasteiger partial charge in [0, 0.05) is 17.4 Å². The van der Waals surface area contributed by atoms with Gasteiger partial charge in [-0.1, -0.05) is 41.1 Å². The van der Waals surface area contributed by atoms with E-state index >= 15 is 0 Å². The standard InChI is InChI=1S/C16H20BrNO3/c1-2-10-18-14(19)9-5-7-12(16(20)21)15(18)11-6-3-4-8-13(11)17/h3-4,6,8,12,15H,2,5,7,9-10H2,1H3,(H,20,21). The Morgan fingerprint density at radius 1 is 1.43 bits per heavy atom. The topological polar surface area (TPSA) is 57.6 Å². The number of benzene rings is 1. The molecule has 0 radical (unpaired) electrons. The summed E-state index contributed by atoms with van der Waals surface area (Å²) in [6.07, 6.45) is 2.42. The van der Waals surface area contributed by atoms with Gasteiger partial charge in [0.25, 0.3) is 0 Å². The van der Waals surface area contributed by atoms with E-state index in [9.17, 15) is 14.7 Å². The van der Waals surface area contributed by atoms with E-state index in [4.69, 9.17) is 0 Å². The SMILES string of the molecule is CCCN1C(=O)CCCC(C(=O)O)C1c1ccccc1Br. The molecule has 0 aromatic heterocycles. The first kappa shape index (κ1) is 16.0. The second kappa shape index (κ2) is 7.07. The van der Waals surface area contributed by atoms with Crippen molar-refractivity contribution in [1.29, 1.82) is 0 Å². The average Bonchev–Trinajstić information content (AvgIpc) is 2.60. The third kappa shape index (κ3) is 3.46. The van der Waals surface area contributed by atoms with E-state index in [1.807, 2.05) is 31.2 Å². The summed E-state index contributed by atoms with van der Waals surface area (Å²) < 4.78 is 0.858. The first-order chi connectivity index (χ1) is 10.1. The predicted octanol–water partition coefficient (Wildman–Crippen LogP) is 3.61. The van der Waals surface area contributed by atoms with E-state index in [2.05, 4.69) is 15.9 Å². The van der Waals surface area contributed by atoms with Gasteiger partial charge in [-0.05, 0) is 30.9 Å². The number of nitrogens with zero attached hydrogens (tertiary/aromatic N) is 1. The molecule has 1 fully saturated rings. The third-order valence-electron chi connectivity index (χ3n) is 3.95. The zero-order chi connectivity index (χ0) is 15.4. The molecule has 1 aromatic carbocycles. The van der Waals surface area contributed by atoms with E-state index < -0.39 is 17.9 Å². The molecule has 0 aliphatic carbocycles. The third-order valence-corrected chi connectivity index (χ3v) is 4.67. The highest BCUT2D eigenvalue weighted by Gasteiger charge is 2.38. The lowest BCUT2D eigenvalue weighted by molar-refractivity contribution is -0.146. The van der Waals surface area contributed by atoms with Crippen molar-refractivity contribution in [1.82, 2.24) is 4.90 Å². The number of halogens is 1. The van der Waals surface area contributed by atoms with Crippen molar-refractivity contribution in [2.24, 2.45) is 5.92 Å². The molecule has 21 heavy (non-hydrogen) atoms. The molecule has 1 aliphatic heterocycles. The number of hydrogen-bond acceptors (Lipinski definition) is 2. The lowest BCUT2D eigenvalue weighted by Crippen LogP contribution is -2.39. The zero-order valence-corrected chi connectivity index (χ0v) is 13.7.